The second-order valence-corrected chi connectivity index (χ2v) is 3.55. The molecule has 0 bridgehead atoms. The summed E-state index contributed by atoms with van der Waals surface area (Å²) >= 11 is 0. The molecule has 6 nitrogen and oxygen atoms in total. The maximum Gasteiger partial charge on any atom is 0.323 e. The van der Waals surface area contributed by atoms with Gasteiger partial charge in [0.25, 0.3) is 0 Å². The Morgan fingerprint density at radius 1 is 1.16 bits per heavy atom. The Labute approximate surface area is 110 Å². The van der Waals surface area contributed by atoms with Gasteiger partial charge in [-0.3, -0.25) is 0 Å². The largest absolute Gasteiger partial charge is 0.464 e. The van der Waals surface area contributed by atoms with Crippen molar-refractivity contribution >= 4 is 17.6 Å². The van der Waals surface area contributed by atoms with Gasteiger partial charge in [-0.2, -0.15) is 15.0 Å². The second-order valence-electron chi connectivity index (χ2n) is 3.55. The number of halogens is 1. The number of aromatic nitrogens is 3. The Morgan fingerprint density at radius 2 is 1.89 bits per heavy atom. The van der Waals surface area contributed by atoms with Gasteiger partial charge in [0.2, 0.25) is 11.9 Å². The summed E-state index contributed by atoms with van der Waals surface area (Å²) < 4.78 is 18.7. The highest BCUT2D eigenvalue weighted by Gasteiger charge is 2.08. The van der Waals surface area contributed by atoms with Crippen molar-refractivity contribution in [2.45, 2.75) is 6.92 Å². The first-order valence-electron chi connectivity index (χ1n) is 5.81. The first kappa shape index (κ1) is 13.0. The van der Waals surface area contributed by atoms with Crippen molar-refractivity contribution in [1.29, 1.82) is 0 Å². The summed E-state index contributed by atoms with van der Waals surface area (Å²) in [5.41, 5.74) is 0.290. The highest BCUT2D eigenvalue weighted by Crippen LogP contribution is 2.18. The summed E-state index contributed by atoms with van der Waals surface area (Å²) in [6, 6.07) is 6.46. The maximum atomic E-state index is 13.5. The highest BCUT2D eigenvalue weighted by molar-refractivity contribution is 5.54. The van der Waals surface area contributed by atoms with Crippen LogP contribution in [0.2, 0.25) is 0 Å². The van der Waals surface area contributed by atoms with Crippen LogP contribution in [0.3, 0.4) is 0 Å². The van der Waals surface area contributed by atoms with Crippen molar-refractivity contribution in [3.8, 4) is 6.01 Å². The summed E-state index contributed by atoms with van der Waals surface area (Å²) in [4.78, 5) is 12.1. The van der Waals surface area contributed by atoms with Crippen LogP contribution in [0, 0.1) is 5.82 Å². The summed E-state index contributed by atoms with van der Waals surface area (Å²) in [7, 11) is 1.68. The summed E-state index contributed by atoms with van der Waals surface area (Å²) in [5.74, 6) is 0.178. The third-order valence-corrected chi connectivity index (χ3v) is 2.23. The van der Waals surface area contributed by atoms with Gasteiger partial charge < -0.3 is 15.4 Å². The molecule has 19 heavy (non-hydrogen) atoms. The molecule has 0 aliphatic heterocycles. The van der Waals surface area contributed by atoms with Crippen molar-refractivity contribution in [2.24, 2.45) is 0 Å². The molecule has 2 rings (SSSR count). The second kappa shape index (κ2) is 5.94. The van der Waals surface area contributed by atoms with Crippen molar-refractivity contribution < 1.29 is 9.13 Å². The van der Waals surface area contributed by atoms with Crippen molar-refractivity contribution in [2.75, 3.05) is 24.3 Å². The molecule has 1 heterocycles. The fourth-order valence-electron chi connectivity index (χ4n) is 1.40. The number of hydrogen-bond donors (Lipinski definition) is 2. The molecule has 1 aromatic carbocycles. The van der Waals surface area contributed by atoms with Gasteiger partial charge >= 0.3 is 6.01 Å². The average Bonchev–Trinajstić information content (AvgIpc) is 2.41. The minimum absolute atomic E-state index is 0.181. The summed E-state index contributed by atoms with van der Waals surface area (Å²) in [6.45, 7) is 2.26. The molecular weight excluding hydrogens is 249 g/mol. The van der Waals surface area contributed by atoms with Crippen molar-refractivity contribution in [3.63, 3.8) is 0 Å². The van der Waals surface area contributed by atoms with Gasteiger partial charge in [-0.1, -0.05) is 12.1 Å². The maximum absolute atomic E-state index is 13.5. The van der Waals surface area contributed by atoms with E-state index in [1.54, 1.807) is 25.2 Å². The molecule has 1 aromatic heterocycles. The SMILES string of the molecule is CCOc1nc(NC)nc(Nc2ccccc2F)n1. The van der Waals surface area contributed by atoms with Crippen LogP contribution in [-0.2, 0) is 0 Å². The normalized spacial score (nSPS) is 10.1. The van der Waals surface area contributed by atoms with Crippen LogP contribution in [0.4, 0.5) is 22.0 Å². The Bertz CT molecular complexity index is 564. The third-order valence-electron chi connectivity index (χ3n) is 2.23. The van der Waals surface area contributed by atoms with E-state index >= 15 is 0 Å². The first-order valence-corrected chi connectivity index (χ1v) is 5.81. The summed E-state index contributed by atoms with van der Waals surface area (Å²) in [6.07, 6.45) is 0. The number of benzene rings is 1. The average molecular weight is 263 g/mol. The van der Waals surface area contributed by atoms with E-state index in [2.05, 4.69) is 25.6 Å². The molecule has 0 saturated carbocycles. The Morgan fingerprint density at radius 3 is 2.58 bits per heavy atom. The molecular formula is C12H14FN5O. The Kier molecular flexibility index (Phi) is 4.07. The molecule has 0 aliphatic rings. The molecule has 0 fully saturated rings. The van der Waals surface area contributed by atoms with E-state index in [9.17, 15) is 4.39 Å². The zero-order valence-electron chi connectivity index (χ0n) is 10.6. The number of hydrogen-bond acceptors (Lipinski definition) is 6. The van der Waals surface area contributed by atoms with Crippen molar-refractivity contribution in [3.05, 3.63) is 30.1 Å². The zero-order chi connectivity index (χ0) is 13.7. The molecule has 2 aromatic rings. The van der Waals surface area contributed by atoms with Gasteiger partial charge in [0.1, 0.15) is 5.82 Å². The molecule has 0 amide bonds. The van der Waals surface area contributed by atoms with Gasteiger partial charge in [-0.15, -0.1) is 0 Å². The van der Waals surface area contributed by atoms with E-state index < -0.39 is 0 Å². The number of para-hydroxylation sites is 1. The van der Waals surface area contributed by atoms with Crippen LogP contribution in [0.5, 0.6) is 6.01 Å². The van der Waals surface area contributed by atoms with Crippen LogP contribution in [-0.4, -0.2) is 28.6 Å². The smallest absolute Gasteiger partial charge is 0.323 e. The number of anilines is 3. The minimum Gasteiger partial charge on any atom is -0.464 e. The monoisotopic (exact) mass is 263 g/mol. The van der Waals surface area contributed by atoms with Crippen LogP contribution >= 0.6 is 0 Å². The third kappa shape index (κ3) is 3.27. The van der Waals surface area contributed by atoms with Gasteiger partial charge in [0.05, 0.1) is 12.3 Å². The number of ether oxygens (including phenoxy) is 1. The van der Waals surface area contributed by atoms with Gasteiger partial charge in [0, 0.05) is 7.05 Å². The topological polar surface area (TPSA) is 72.0 Å². The Balaban J connectivity index is 2.29. The van der Waals surface area contributed by atoms with Gasteiger partial charge in [-0.25, -0.2) is 4.39 Å². The van der Waals surface area contributed by atoms with Gasteiger partial charge in [-0.05, 0) is 19.1 Å². The first-order chi connectivity index (χ1) is 9.22. The Hall–Kier alpha value is -2.44. The minimum atomic E-state index is -0.383. The van der Waals surface area contributed by atoms with E-state index in [0.717, 1.165) is 0 Å². The van der Waals surface area contributed by atoms with Crippen molar-refractivity contribution in [1.82, 2.24) is 15.0 Å². The molecule has 0 spiro atoms. The lowest BCUT2D eigenvalue weighted by molar-refractivity contribution is 0.312. The van der Waals surface area contributed by atoms with Gasteiger partial charge in [0.15, 0.2) is 0 Å². The van der Waals surface area contributed by atoms with Crippen LogP contribution in [0.25, 0.3) is 0 Å². The van der Waals surface area contributed by atoms with E-state index in [1.165, 1.54) is 6.07 Å². The lowest BCUT2D eigenvalue weighted by Crippen LogP contribution is -2.07. The fourth-order valence-corrected chi connectivity index (χ4v) is 1.40. The lowest BCUT2D eigenvalue weighted by Gasteiger charge is -2.09. The molecule has 0 atom stereocenters. The molecule has 0 radical (unpaired) electrons. The van der Waals surface area contributed by atoms with E-state index in [4.69, 9.17) is 4.74 Å². The molecule has 7 heteroatoms. The standard InChI is InChI=1S/C12H14FN5O/c1-3-19-12-17-10(14-2)16-11(18-12)15-9-7-5-4-6-8(9)13/h4-7H,3H2,1-2H3,(H2,14,15,16,17,18). The molecule has 100 valence electrons. The predicted molar refractivity (Wildman–Crippen MR) is 70.2 cm³/mol. The number of nitrogens with zero attached hydrogens (tertiary/aromatic N) is 3. The van der Waals surface area contributed by atoms with Crippen LogP contribution in [0.15, 0.2) is 24.3 Å². The molecule has 0 unspecified atom stereocenters. The van der Waals surface area contributed by atoms with E-state index in [0.29, 0.717) is 18.2 Å². The number of nitrogens with one attached hydrogen (secondary N) is 2. The zero-order valence-corrected chi connectivity index (χ0v) is 10.6. The lowest BCUT2D eigenvalue weighted by atomic mass is 10.3. The molecule has 0 saturated heterocycles. The molecule has 2 N–H and O–H groups in total. The molecule has 0 aliphatic carbocycles. The summed E-state index contributed by atoms with van der Waals surface area (Å²) in [5, 5.41) is 5.58. The van der Waals surface area contributed by atoms with Crippen LogP contribution < -0.4 is 15.4 Å². The van der Waals surface area contributed by atoms with E-state index in [-0.39, 0.29) is 17.8 Å². The fraction of sp³-hybridized carbons (Fsp3) is 0.250. The number of rotatable bonds is 5. The highest BCUT2D eigenvalue weighted by atomic mass is 19.1. The quantitative estimate of drug-likeness (QED) is 0.861. The van der Waals surface area contributed by atoms with E-state index in [1.807, 2.05) is 6.92 Å². The predicted octanol–water partition coefficient (Wildman–Crippen LogP) is 2.19. The van der Waals surface area contributed by atoms with Crippen LogP contribution in [0.1, 0.15) is 6.92 Å².